The zero-order valence-corrected chi connectivity index (χ0v) is 18.3. The van der Waals surface area contributed by atoms with E-state index in [4.69, 9.17) is 0 Å². The third-order valence-electron chi connectivity index (χ3n) is 5.62. The van der Waals surface area contributed by atoms with Gasteiger partial charge in [-0.15, -0.1) is 0 Å². The molecule has 0 aromatic heterocycles. The van der Waals surface area contributed by atoms with Crippen molar-refractivity contribution in [3.05, 3.63) is 48.0 Å². The molecule has 1 saturated heterocycles. The van der Waals surface area contributed by atoms with Gasteiger partial charge in [0.05, 0.1) is 5.92 Å². The van der Waals surface area contributed by atoms with Crippen molar-refractivity contribution in [2.75, 3.05) is 33.7 Å². The zero-order chi connectivity index (χ0) is 21.0. The Labute approximate surface area is 174 Å². The van der Waals surface area contributed by atoms with Crippen LogP contribution in [0.15, 0.2) is 42.5 Å². The van der Waals surface area contributed by atoms with Crippen molar-refractivity contribution in [3.8, 4) is 0 Å². The fraction of sp³-hybridized carbons (Fsp3) is 0.500. The summed E-state index contributed by atoms with van der Waals surface area (Å²) in [5.74, 6) is -0.0494. The smallest absolute Gasteiger partial charge is 0.281 e. The standard InChI is InChI=1S/C22H31N3O3S/c1-17(14-19-10-6-9-18-8-4-5-12-21(18)19)15-23-22(26)20-11-7-13-25(16-20)29(27,28)24(2)3/h4-6,8-10,12,17,20H,7,11,13-16H2,1-3H3,(H,23,26). The van der Waals surface area contributed by atoms with Gasteiger partial charge in [-0.2, -0.15) is 17.0 Å². The second kappa shape index (κ2) is 9.24. The fourth-order valence-corrected chi connectivity index (χ4v) is 5.12. The molecule has 0 bridgehead atoms. The van der Waals surface area contributed by atoms with Crippen molar-refractivity contribution in [2.24, 2.45) is 11.8 Å². The van der Waals surface area contributed by atoms with Crippen LogP contribution < -0.4 is 5.32 Å². The van der Waals surface area contributed by atoms with Crippen LogP contribution in [-0.2, 0) is 21.4 Å². The molecule has 2 atom stereocenters. The average Bonchev–Trinajstić information content (AvgIpc) is 2.72. The average molecular weight is 418 g/mol. The van der Waals surface area contributed by atoms with Crippen molar-refractivity contribution in [3.63, 3.8) is 0 Å². The van der Waals surface area contributed by atoms with E-state index < -0.39 is 10.2 Å². The van der Waals surface area contributed by atoms with Gasteiger partial charge in [-0.3, -0.25) is 4.79 Å². The van der Waals surface area contributed by atoms with Crippen LogP contribution in [0.1, 0.15) is 25.3 Å². The quantitative estimate of drug-likeness (QED) is 0.753. The van der Waals surface area contributed by atoms with Crippen molar-refractivity contribution < 1.29 is 13.2 Å². The van der Waals surface area contributed by atoms with Gasteiger partial charge in [0, 0.05) is 33.7 Å². The molecule has 2 aromatic carbocycles. The van der Waals surface area contributed by atoms with E-state index in [1.54, 1.807) is 0 Å². The molecule has 1 heterocycles. The Bertz CT molecular complexity index is 953. The zero-order valence-electron chi connectivity index (χ0n) is 17.5. The van der Waals surface area contributed by atoms with Gasteiger partial charge in [0.15, 0.2) is 0 Å². The Hall–Kier alpha value is -1.96. The lowest BCUT2D eigenvalue weighted by Gasteiger charge is -2.33. The molecule has 2 aromatic rings. The van der Waals surface area contributed by atoms with Gasteiger partial charge in [0.1, 0.15) is 0 Å². The van der Waals surface area contributed by atoms with E-state index in [1.165, 1.54) is 39.0 Å². The van der Waals surface area contributed by atoms with Crippen LogP contribution in [-0.4, -0.2) is 56.7 Å². The molecule has 3 rings (SSSR count). The Balaban J connectivity index is 1.56. The summed E-state index contributed by atoms with van der Waals surface area (Å²) in [7, 11) is -0.429. The van der Waals surface area contributed by atoms with Crippen LogP contribution in [0.3, 0.4) is 0 Å². The van der Waals surface area contributed by atoms with E-state index in [0.717, 1.165) is 12.8 Å². The SMILES string of the molecule is CC(CNC(=O)C1CCCN(S(=O)(=O)N(C)C)C1)Cc1cccc2ccccc12. The van der Waals surface area contributed by atoms with E-state index in [-0.39, 0.29) is 24.3 Å². The molecule has 158 valence electrons. The minimum absolute atomic E-state index is 0.0478. The van der Waals surface area contributed by atoms with Gasteiger partial charge in [-0.1, -0.05) is 49.4 Å². The maximum atomic E-state index is 12.7. The second-order valence-electron chi connectivity index (χ2n) is 8.18. The summed E-state index contributed by atoms with van der Waals surface area (Å²) in [6, 6.07) is 14.7. The normalized spacial score (nSPS) is 19.4. The highest BCUT2D eigenvalue weighted by molar-refractivity contribution is 7.86. The predicted octanol–water partition coefficient (Wildman–Crippen LogP) is 2.65. The van der Waals surface area contributed by atoms with Crippen LogP contribution >= 0.6 is 0 Å². The summed E-state index contributed by atoms with van der Waals surface area (Å²) >= 11 is 0. The van der Waals surface area contributed by atoms with E-state index in [1.807, 2.05) is 6.07 Å². The van der Waals surface area contributed by atoms with Gasteiger partial charge in [-0.25, -0.2) is 0 Å². The number of carbonyl (C=O) groups excluding carboxylic acids is 1. The van der Waals surface area contributed by atoms with Crippen molar-refractivity contribution in [1.82, 2.24) is 13.9 Å². The lowest BCUT2D eigenvalue weighted by molar-refractivity contribution is -0.126. The molecule has 1 aliphatic heterocycles. The third-order valence-corrected chi connectivity index (χ3v) is 7.52. The molecule has 0 aliphatic carbocycles. The number of hydrogen-bond acceptors (Lipinski definition) is 3. The Kier molecular flexibility index (Phi) is 6.93. The monoisotopic (exact) mass is 417 g/mol. The number of carbonyl (C=O) groups is 1. The van der Waals surface area contributed by atoms with Crippen LogP contribution in [0, 0.1) is 11.8 Å². The molecule has 0 spiro atoms. The first-order chi connectivity index (χ1) is 13.8. The third kappa shape index (κ3) is 5.15. The van der Waals surface area contributed by atoms with E-state index in [9.17, 15) is 13.2 Å². The predicted molar refractivity (Wildman–Crippen MR) is 117 cm³/mol. The highest BCUT2D eigenvalue weighted by atomic mass is 32.2. The summed E-state index contributed by atoms with van der Waals surface area (Å²) in [5, 5.41) is 5.53. The molecule has 1 fully saturated rings. The number of hydrogen-bond donors (Lipinski definition) is 1. The molecular formula is C22H31N3O3S. The minimum atomic E-state index is -3.47. The number of rotatable bonds is 7. The molecule has 29 heavy (non-hydrogen) atoms. The van der Waals surface area contributed by atoms with Crippen LogP contribution in [0.25, 0.3) is 10.8 Å². The summed E-state index contributed by atoms with van der Waals surface area (Å²) in [6.45, 7) is 3.44. The van der Waals surface area contributed by atoms with Gasteiger partial charge in [0.2, 0.25) is 5.91 Å². The number of amides is 1. The Morgan fingerprint density at radius 2 is 1.93 bits per heavy atom. The maximum absolute atomic E-state index is 12.7. The Morgan fingerprint density at radius 1 is 1.21 bits per heavy atom. The van der Waals surface area contributed by atoms with Crippen LogP contribution in [0.5, 0.6) is 0 Å². The molecule has 1 aliphatic rings. The van der Waals surface area contributed by atoms with Gasteiger partial charge in [-0.05, 0) is 41.5 Å². The minimum Gasteiger partial charge on any atom is -0.356 e. The van der Waals surface area contributed by atoms with E-state index >= 15 is 0 Å². The molecule has 1 N–H and O–H groups in total. The Morgan fingerprint density at radius 3 is 2.69 bits per heavy atom. The van der Waals surface area contributed by atoms with E-state index in [2.05, 4.69) is 48.6 Å². The second-order valence-corrected chi connectivity index (χ2v) is 10.3. The molecule has 0 saturated carbocycles. The fourth-order valence-electron chi connectivity index (χ4n) is 3.93. The van der Waals surface area contributed by atoms with E-state index in [0.29, 0.717) is 19.5 Å². The highest BCUT2D eigenvalue weighted by Gasteiger charge is 2.33. The maximum Gasteiger partial charge on any atom is 0.281 e. The first-order valence-corrected chi connectivity index (χ1v) is 11.6. The summed E-state index contributed by atoms with van der Waals surface area (Å²) in [5.41, 5.74) is 1.28. The molecule has 6 nitrogen and oxygen atoms in total. The number of piperidine rings is 1. The van der Waals surface area contributed by atoms with Gasteiger partial charge < -0.3 is 5.32 Å². The summed E-state index contributed by atoms with van der Waals surface area (Å²) in [6.07, 6.45) is 2.31. The first-order valence-electron chi connectivity index (χ1n) is 10.2. The first kappa shape index (κ1) is 21.7. The van der Waals surface area contributed by atoms with Crippen molar-refractivity contribution >= 4 is 26.9 Å². The number of nitrogens with one attached hydrogen (secondary N) is 1. The number of nitrogens with zero attached hydrogens (tertiary/aromatic N) is 2. The lowest BCUT2D eigenvalue weighted by atomic mass is 9.95. The van der Waals surface area contributed by atoms with Crippen molar-refractivity contribution in [1.29, 1.82) is 0 Å². The van der Waals surface area contributed by atoms with Crippen LogP contribution in [0.2, 0.25) is 0 Å². The van der Waals surface area contributed by atoms with Crippen molar-refractivity contribution in [2.45, 2.75) is 26.2 Å². The summed E-state index contributed by atoms with van der Waals surface area (Å²) < 4.78 is 27.3. The lowest BCUT2D eigenvalue weighted by Crippen LogP contribution is -2.49. The molecule has 7 heteroatoms. The molecular weight excluding hydrogens is 386 g/mol. The van der Waals surface area contributed by atoms with Gasteiger partial charge >= 0.3 is 0 Å². The largest absolute Gasteiger partial charge is 0.356 e. The number of fused-ring (bicyclic) bond motifs is 1. The molecule has 0 radical (unpaired) electrons. The number of benzene rings is 2. The topological polar surface area (TPSA) is 69.7 Å². The summed E-state index contributed by atoms with van der Waals surface area (Å²) in [4.78, 5) is 12.7. The molecule has 2 unspecified atom stereocenters. The highest BCUT2D eigenvalue weighted by Crippen LogP contribution is 2.22. The van der Waals surface area contributed by atoms with Crippen LogP contribution in [0.4, 0.5) is 0 Å². The molecule has 1 amide bonds. The van der Waals surface area contributed by atoms with Gasteiger partial charge in [0.25, 0.3) is 10.2 Å².